The molecule has 2 aromatic heterocycles. The van der Waals surface area contributed by atoms with E-state index in [9.17, 15) is 13.9 Å². The van der Waals surface area contributed by atoms with E-state index in [4.69, 9.17) is 4.98 Å². The Morgan fingerprint density at radius 1 is 0.962 bits per heavy atom. The van der Waals surface area contributed by atoms with E-state index in [0.29, 0.717) is 5.69 Å². The average molecular weight is 351 g/mol. The molecule has 0 saturated heterocycles. The number of phenolic OH excluding ortho intramolecular Hbond substituents is 1. The van der Waals surface area contributed by atoms with Gasteiger partial charge < -0.3 is 5.11 Å². The molecule has 0 radical (unpaired) electrons. The highest BCUT2D eigenvalue weighted by atomic mass is 19.2. The minimum absolute atomic E-state index is 0.0904. The van der Waals surface area contributed by atoms with Crippen LogP contribution in [0.2, 0.25) is 0 Å². The molecule has 0 atom stereocenters. The topological polar surface area (TPSA) is 61.8 Å². The van der Waals surface area contributed by atoms with Crippen LogP contribution in [0, 0.1) is 11.6 Å². The Morgan fingerprint density at radius 3 is 2.62 bits per heavy atom. The van der Waals surface area contributed by atoms with Crippen LogP contribution in [0.25, 0.3) is 33.1 Å². The zero-order valence-corrected chi connectivity index (χ0v) is 13.8. The van der Waals surface area contributed by atoms with Crippen LogP contribution < -0.4 is 0 Å². The Balaban J connectivity index is 1.90. The second-order valence-electron chi connectivity index (χ2n) is 6.68. The third-order valence-electron chi connectivity index (χ3n) is 5.21. The maximum Gasteiger partial charge on any atom is 0.201 e. The lowest BCUT2D eigenvalue weighted by Crippen LogP contribution is -2.08. The Labute approximate surface area is 147 Å². The molecule has 2 N–H and O–H groups in total. The fourth-order valence-corrected chi connectivity index (χ4v) is 3.99. The molecule has 1 aliphatic carbocycles. The minimum Gasteiger partial charge on any atom is -0.505 e. The Bertz CT molecular complexity index is 1180. The molecule has 6 heteroatoms. The fraction of sp³-hybridized carbons (Fsp3) is 0.200. The Hall–Kier alpha value is -3.02. The molecule has 2 aromatic carbocycles. The van der Waals surface area contributed by atoms with Crippen LogP contribution >= 0.6 is 0 Å². The summed E-state index contributed by atoms with van der Waals surface area (Å²) in [7, 11) is 0. The maximum absolute atomic E-state index is 14.5. The van der Waals surface area contributed by atoms with Crippen LogP contribution in [0.1, 0.15) is 24.0 Å². The first-order valence-electron chi connectivity index (χ1n) is 8.60. The first-order chi connectivity index (χ1) is 12.6. The quantitative estimate of drug-likeness (QED) is 0.525. The van der Waals surface area contributed by atoms with Crippen LogP contribution in [-0.2, 0) is 12.8 Å². The molecule has 0 aliphatic heterocycles. The molecule has 0 saturated carbocycles. The number of aryl methyl sites for hydroxylation is 1. The van der Waals surface area contributed by atoms with Crippen molar-refractivity contribution < 1.29 is 13.9 Å². The SMILES string of the molecule is Oc1ccc(-c2nc3ccc4[nH]ncc4c3c3c2CCCC3)c(F)c1F. The van der Waals surface area contributed by atoms with Crippen molar-refractivity contribution in [1.82, 2.24) is 15.2 Å². The maximum atomic E-state index is 14.5. The van der Waals surface area contributed by atoms with Crippen molar-refractivity contribution >= 4 is 21.8 Å². The summed E-state index contributed by atoms with van der Waals surface area (Å²) < 4.78 is 28.5. The molecule has 4 aromatic rings. The van der Waals surface area contributed by atoms with Crippen molar-refractivity contribution in [2.24, 2.45) is 0 Å². The zero-order chi connectivity index (χ0) is 17.8. The molecule has 0 unspecified atom stereocenters. The van der Waals surface area contributed by atoms with Crippen LogP contribution in [0.5, 0.6) is 5.75 Å². The highest BCUT2D eigenvalue weighted by Crippen LogP contribution is 2.39. The number of hydrogen-bond acceptors (Lipinski definition) is 3. The summed E-state index contributed by atoms with van der Waals surface area (Å²) in [6.45, 7) is 0. The van der Waals surface area contributed by atoms with E-state index in [1.54, 1.807) is 6.20 Å². The largest absolute Gasteiger partial charge is 0.505 e. The van der Waals surface area contributed by atoms with Gasteiger partial charge in [0.25, 0.3) is 0 Å². The van der Waals surface area contributed by atoms with Gasteiger partial charge in [-0.15, -0.1) is 0 Å². The minimum atomic E-state index is -1.24. The lowest BCUT2D eigenvalue weighted by atomic mass is 9.85. The number of fused-ring (bicyclic) bond motifs is 5. The first-order valence-corrected chi connectivity index (χ1v) is 8.60. The molecule has 0 spiro atoms. The molecule has 1 aliphatic rings. The van der Waals surface area contributed by atoms with Crippen molar-refractivity contribution in [3.8, 4) is 17.0 Å². The summed E-state index contributed by atoms with van der Waals surface area (Å²) in [5.74, 6) is -2.99. The normalized spacial score (nSPS) is 14.1. The van der Waals surface area contributed by atoms with Crippen LogP contribution in [0.15, 0.2) is 30.5 Å². The summed E-state index contributed by atoms with van der Waals surface area (Å²) in [5.41, 5.74) is 4.32. The number of hydrogen-bond donors (Lipinski definition) is 2. The van der Waals surface area contributed by atoms with Gasteiger partial charge in [0, 0.05) is 16.3 Å². The van der Waals surface area contributed by atoms with Gasteiger partial charge >= 0.3 is 0 Å². The van der Waals surface area contributed by atoms with E-state index in [0.717, 1.165) is 58.6 Å². The summed E-state index contributed by atoms with van der Waals surface area (Å²) in [4.78, 5) is 4.69. The standard InChI is InChI=1S/C20H15F2N3O/c21-18-12(5-8-16(26)19(18)22)20-11-4-2-1-3-10(11)17-13-9-23-25-14(13)6-7-15(17)24-20/h5-9,26H,1-4H2,(H,23,25). The molecule has 4 nitrogen and oxygen atoms in total. The number of aromatic nitrogens is 3. The van der Waals surface area contributed by atoms with Gasteiger partial charge in [-0.05, 0) is 61.1 Å². The second-order valence-corrected chi connectivity index (χ2v) is 6.68. The number of rotatable bonds is 1. The van der Waals surface area contributed by atoms with E-state index in [1.165, 1.54) is 12.1 Å². The molecule has 26 heavy (non-hydrogen) atoms. The van der Waals surface area contributed by atoms with Crippen molar-refractivity contribution in [3.63, 3.8) is 0 Å². The van der Waals surface area contributed by atoms with Crippen molar-refractivity contribution in [1.29, 1.82) is 0 Å². The van der Waals surface area contributed by atoms with Gasteiger partial charge in [-0.1, -0.05) is 0 Å². The molecular weight excluding hydrogens is 336 g/mol. The molecule has 0 amide bonds. The number of H-pyrrole nitrogens is 1. The molecule has 130 valence electrons. The highest BCUT2D eigenvalue weighted by molar-refractivity contribution is 6.07. The third-order valence-corrected chi connectivity index (χ3v) is 5.21. The number of halogens is 2. The van der Waals surface area contributed by atoms with Gasteiger partial charge in [-0.25, -0.2) is 9.37 Å². The summed E-state index contributed by atoms with van der Waals surface area (Å²) in [6, 6.07) is 6.34. The number of pyridine rings is 1. The number of aromatic hydroxyl groups is 1. The lowest BCUT2D eigenvalue weighted by Gasteiger charge is -2.22. The zero-order valence-electron chi connectivity index (χ0n) is 13.8. The predicted octanol–water partition coefficient (Wildman–Crippen LogP) is 4.64. The van der Waals surface area contributed by atoms with E-state index in [1.807, 2.05) is 12.1 Å². The third kappa shape index (κ3) is 2.05. The van der Waals surface area contributed by atoms with E-state index in [2.05, 4.69) is 10.2 Å². The Kier molecular flexibility index (Phi) is 3.22. The molecule has 2 heterocycles. The monoisotopic (exact) mass is 351 g/mol. The van der Waals surface area contributed by atoms with E-state index < -0.39 is 17.4 Å². The van der Waals surface area contributed by atoms with Gasteiger partial charge in [0.2, 0.25) is 5.82 Å². The van der Waals surface area contributed by atoms with Crippen LogP contribution in [0.3, 0.4) is 0 Å². The van der Waals surface area contributed by atoms with Gasteiger partial charge in [-0.3, -0.25) is 5.10 Å². The number of benzene rings is 2. The summed E-state index contributed by atoms with van der Waals surface area (Å²) >= 11 is 0. The number of aromatic amines is 1. The van der Waals surface area contributed by atoms with Crippen molar-refractivity contribution in [2.75, 3.05) is 0 Å². The summed E-state index contributed by atoms with van der Waals surface area (Å²) in [5, 5.41) is 18.6. The van der Waals surface area contributed by atoms with Crippen molar-refractivity contribution in [2.45, 2.75) is 25.7 Å². The number of nitrogens with one attached hydrogen (secondary N) is 1. The van der Waals surface area contributed by atoms with Crippen LogP contribution in [0.4, 0.5) is 8.78 Å². The first kappa shape index (κ1) is 15.3. The molecule has 0 bridgehead atoms. The number of phenols is 1. The number of nitrogens with zero attached hydrogens (tertiary/aromatic N) is 2. The van der Waals surface area contributed by atoms with Gasteiger partial charge in [0.05, 0.1) is 22.9 Å². The van der Waals surface area contributed by atoms with Gasteiger partial charge in [0.1, 0.15) is 0 Å². The lowest BCUT2D eigenvalue weighted by molar-refractivity contribution is 0.408. The Morgan fingerprint density at radius 2 is 1.77 bits per heavy atom. The molecule has 5 rings (SSSR count). The van der Waals surface area contributed by atoms with Crippen molar-refractivity contribution in [3.05, 3.63) is 53.2 Å². The average Bonchev–Trinajstić information content (AvgIpc) is 3.14. The summed E-state index contributed by atoms with van der Waals surface area (Å²) in [6.07, 6.45) is 5.45. The highest BCUT2D eigenvalue weighted by Gasteiger charge is 2.24. The smallest absolute Gasteiger partial charge is 0.201 e. The van der Waals surface area contributed by atoms with Crippen LogP contribution in [-0.4, -0.2) is 20.3 Å². The van der Waals surface area contributed by atoms with E-state index >= 15 is 0 Å². The van der Waals surface area contributed by atoms with Gasteiger partial charge in [-0.2, -0.15) is 9.49 Å². The van der Waals surface area contributed by atoms with Gasteiger partial charge in [0.15, 0.2) is 11.6 Å². The molecule has 0 fully saturated rings. The second kappa shape index (κ2) is 5.49. The van der Waals surface area contributed by atoms with E-state index in [-0.39, 0.29) is 5.56 Å². The predicted molar refractivity (Wildman–Crippen MR) is 95.1 cm³/mol. The fourth-order valence-electron chi connectivity index (χ4n) is 3.99. The molecular formula is C20H15F2N3O.